The number of aliphatic hydroxyl groups is 1. The molecule has 2 fully saturated rings. The standard InChI is InChI=1S/C17H24N2O3.ClH/c1-22-16-5-3-2-4-14(16)17(21)19-10-8-18(9-11-19)12-15(20)13-6-7-13;/h2-5,13,15,20H,6-12H2,1H3;1H. The summed E-state index contributed by atoms with van der Waals surface area (Å²) in [4.78, 5) is 16.7. The zero-order chi connectivity index (χ0) is 15.5. The van der Waals surface area contributed by atoms with Crippen LogP contribution in [0.2, 0.25) is 0 Å². The average Bonchev–Trinajstić information content (AvgIpc) is 3.40. The molecule has 1 amide bonds. The van der Waals surface area contributed by atoms with Crippen LogP contribution >= 0.6 is 12.4 Å². The largest absolute Gasteiger partial charge is 0.496 e. The number of β-amino-alcohol motifs (C(OH)–C–C–N with tert-alkyl or cyclic N) is 1. The molecule has 23 heavy (non-hydrogen) atoms. The van der Waals surface area contributed by atoms with Crippen molar-refractivity contribution in [3.05, 3.63) is 29.8 Å². The van der Waals surface area contributed by atoms with Crippen LogP contribution in [0.3, 0.4) is 0 Å². The first-order valence-electron chi connectivity index (χ1n) is 8.01. The number of nitrogens with zero attached hydrogens (tertiary/aromatic N) is 2. The van der Waals surface area contributed by atoms with Gasteiger partial charge in [-0.1, -0.05) is 12.1 Å². The van der Waals surface area contributed by atoms with Gasteiger partial charge in [-0.2, -0.15) is 0 Å². The van der Waals surface area contributed by atoms with Gasteiger partial charge in [-0.3, -0.25) is 9.69 Å². The molecule has 1 aromatic rings. The molecule has 0 bridgehead atoms. The van der Waals surface area contributed by atoms with Gasteiger partial charge < -0.3 is 14.7 Å². The third-order valence-electron chi connectivity index (χ3n) is 4.61. The Kier molecular flexibility index (Phi) is 6.27. The summed E-state index contributed by atoms with van der Waals surface area (Å²) < 4.78 is 5.27. The molecule has 1 saturated heterocycles. The lowest BCUT2D eigenvalue weighted by Gasteiger charge is -2.35. The fraction of sp³-hybridized carbons (Fsp3) is 0.588. The van der Waals surface area contributed by atoms with E-state index in [1.165, 1.54) is 0 Å². The zero-order valence-electron chi connectivity index (χ0n) is 13.5. The van der Waals surface area contributed by atoms with Gasteiger partial charge in [0.25, 0.3) is 5.91 Å². The van der Waals surface area contributed by atoms with Gasteiger partial charge in [0.15, 0.2) is 0 Å². The highest BCUT2D eigenvalue weighted by molar-refractivity contribution is 5.97. The Labute approximate surface area is 143 Å². The normalized spacial score (nSPS) is 19.8. The second kappa shape index (κ2) is 7.99. The van der Waals surface area contributed by atoms with Crippen LogP contribution in [-0.4, -0.2) is 66.8 Å². The fourth-order valence-corrected chi connectivity index (χ4v) is 3.02. The Morgan fingerprint density at radius 3 is 2.52 bits per heavy atom. The number of rotatable bonds is 5. The van der Waals surface area contributed by atoms with Gasteiger partial charge in [0.1, 0.15) is 5.75 Å². The summed E-state index contributed by atoms with van der Waals surface area (Å²) in [6, 6.07) is 7.35. The Hall–Kier alpha value is -1.30. The number of aliphatic hydroxyl groups excluding tert-OH is 1. The van der Waals surface area contributed by atoms with Crippen LogP contribution in [0.5, 0.6) is 5.75 Å². The van der Waals surface area contributed by atoms with E-state index >= 15 is 0 Å². The molecule has 1 aliphatic heterocycles. The van der Waals surface area contributed by atoms with Crippen molar-refractivity contribution in [3.8, 4) is 5.75 Å². The Bertz CT molecular complexity index is 528. The maximum absolute atomic E-state index is 12.6. The molecule has 3 rings (SSSR count). The second-order valence-electron chi connectivity index (χ2n) is 6.20. The van der Waals surface area contributed by atoms with Crippen molar-refractivity contribution in [2.24, 2.45) is 5.92 Å². The van der Waals surface area contributed by atoms with Crippen molar-refractivity contribution in [1.82, 2.24) is 9.80 Å². The van der Waals surface area contributed by atoms with E-state index < -0.39 is 0 Å². The van der Waals surface area contributed by atoms with E-state index in [-0.39, 0.29) is 24.4 Å². The first-order chi connectivity index (χ1) is 10.7. The van der Waals surface area contributed by atoms with Crippen molar-refractivity contribution in [1.29, 1.82) is 0 Å². The van der Waals surface area contributed by atoms with E-state index in [1.807, 2.05) is 29.2 Å². The summed E-state index contributed by atoms with van der Waals surface area (Å²) in [5, 5.41) is 10.0. The van der Waals surface area contributed by atoms with E-state index in [0.29, 0.717) is 30.3 Å². The Morgan fingerprint density at radius 2 is 1.91 bits per heavy atom. The van der Waals surface area contributed by atoms with E-state index in [0.717, 1.165) is 32.5 Å². The van der Waals surface area contributed by atoms with Crippen molar-refractivity contribution in [3.63, 3.8) is 0 Å². The summed E-state index contributed by atoms with van der Waals surface area (Å²) in [5.41, 5.74) is 0.622. The van der Waals surface area contributed by atoms with Crippen molar-refractivity contribution < 1.29 is 14.6 Å². The van der Waals surface area contributed by atoms with Crippen molar-refractivity contribution in [2.45, 2.75) is 18.9 Å². The SMILES string of the molecule is COc1ccccc1C(=O)N1CCN(CC(O)C2CC2)CC1.Cl. The number of halogens is 1. The van der Waals surface area contributed by atoms with Gasteiger partial charge in [0, 0.05) is 32.7 Å². The summed E-state index contributed by atoms with van der Waals surface area (Å²) >= 11 is 0. The van der Waals surface area contributed by atoms with E-state index in [2.05, 4.69) is 4.90 Å². The monoisotopic (exact) mass is 340 g/mol. The van der Waals surface area contributed by atoms with Gasteiger partial charge >= 0.3 is 0 Å². The first-order valence-corrected chi connectivity index (χ1v) is 8.01. The third-order valence-corrected chi connectivity index (χ3v) is 4.61. The number of amides is 1. The number of benzene rings is 1. The number of ether oxygens (including phenoxy) is 1. The van der Waals surface area contributed by atoms with Crippen LogP contribution in [0.1, 0.15) is 23.2 Å². The van der Waals surface area contributed by atoms with E-state index in [9.17, 15) is 9.90 Å². The highest BCUT2D eigenvalue weighted by atomic mass is 35.5. The average molecular weight is 341 g/mol. The Balaban J connectivity index is 0.00000192. The molecule has 1 aliphatic carbocycles. The minimum absolute atomic E-state index is 0. The lowest BCUT2D eigenvalue weighted by atomic mass is 10.1. The van der Waals surface area contributed by atoms with Gasteiger partial charge in [0.2, 0.25) is 0 Å². The number of carbonyl (C=O) groups is 1. The van der Waals surface area contributed by atoms with Crippen LogP contribution in [0.15, 0.2) is 24.3 Å². The summed E-state index contributed by atoms with van der Waals surface area (Å²) in [6.07, 6.45) is 2.12. The van der Waals surface area contributed by atoms with Crippen LogP contribution in [-0.2, 0) is 0 Å². The van der Waals surface area contributed by atoms with E-state index in [1.54, 1.807) is 7.11 Å². The van der Waals surface area contributed by atoms with Crippen molar-refractivity contribution in [2.75, 3.05) is 39.8 Å². The molecule has 1 atom stereocenters. The fourth-order valence-electron chi connectivity index (χ4n) is 3.02. The molecule has 128 valence electrons. The molecule has 0 spiro atoms. The second-order valence-corrected chi connectivity index (χ2v) is 6.20. The van der Waals surface area contributed by atoms with Gasteiger partial charge in [-0.25, -0.2) is 0 Å². The molecular formula is C17H25ClN2O3. The third kappa shape index (κ3) is 4.37. The molecule has 5 nitrogen and oxygen atoms in total. The summed E-state index contributed by atoms with van der Waals surface area (Å²) in [6.45, 7) is 3.79. The maximum Gasteiger partial charge on any atom is 0.257 e. The number of carbonyl (C=O) groups excluding carboxylic acids is 1. The highest BCUT2D eigenvalue weighted by Crippen LogP contribution is 2.33. The molecule has 1 saturated carbocycles. The van der Waals surface area contributed by atoms with Crippen LogP contribution in [0.25, 0.3) is 0 Å². The quantitative estimate of drug-likeness (QED) is 0.885. The lowest BCUT2D eigenvalue weighted by Crippen LogP contribution is -2.50. The minimum atomic E-state index is -0.198. The topological polar surface area (TPSA) is 53.0 Å². The Morgan fingerprint density at radius 1 is 1.26 bits per heavy atom. The summed E-state index contributed by atoms with van der Waals surface area (Å²) in [5.74, 6) is 1.16. The minimum Gasteiger partial charge on any atom is -0.496 e. The van der Waals surface area contributed by atoms with Crippen LogP contribution in [0, 0.1) is 5.92 Å². The molecule has 1 heterocycles. The molecule has 2 aliphatic rings. The molecule has 0 aromatic heterocycles. The van der Waals surface area contributed by atoms with E-state index in [4.69, 9.17) is 4.74 Å². The molecule has 1 N–H and O–H groups in total. The zero-order valence-corrected chi connectivity index (χ0v) is 14.3. The summed E-state index contributed by atoms with van der Waals surface area (Å²) in [7, 11) is 1.59. The molecule has 0 radical (unpaired) electrons. The maximum atomic E-state index is 12.6. The van der Waals surface area contributed by atoms with Gasteiger partial charge in [0.05, 0.1) is 18.8 Å². The molecule has 1 aromatic carbocycles. The first kappa shape index (κ1) is 18.0. The van der Waals surface area contributed by atoms with Crippen molar-refractivity contribution >= 4 is 18.3 Å². The number of methoxy groups -OCH3 is 1. The predicted molar refractivity (Wildman–Crippen MR) is 91.3 cm³/mol. The predicted octanol–water partition coefficient (Wildman–Crippen LogP) is 1.65. The van der Waals surface area contributed by atoms with Gasteiger partial charge in [-0.05, 0) is 30.9 Å². The van der Waals surface area contributed by atoms with Crippen LogP contribution in [0.4, 0.5) is 0 Å². The van der Waals surface area contributed by atoms with Gasteiger partial charge in [-0.15, -0.1) is 12.4 Å². The number of hydrogen-bond donors (Lipinski definition) is 1. The highest BCUT2D eigenvalue weighted by Gasteiger charge is 2.32. The molecule has 1 unspecified atom stereocenters. The molecule has 6 heteroatoms. The van der Waals surface area contributed by atoms with Crippen LogP contribution < -0.4 is 4.74 Å². The smallest absolute Gasteiger partial charge is 0.257 e. The number of hydrogen-bond acceptors (Lipinski definition) is 4. The number of piperazine rings is 1. The number of para-hydroxylation sites is 1. The lowest BCUT2D eigenvalue weighted by molar-refractivity contribution is 0.0486. The molecular weight excluding hydrogens is 316 g/mol.